The molecule has 1 fully saturated rings. The molecule has 2 rings (SSSR count). The van der Waals surface area contributed by atoms with Crippen molar-refractivity contribution >= 4 is 32.2 Å². The van der Waals surface area contributed by atoms with E-state index in [0.717, 1.165) is 30.9 Å². The van der Waals surface area contributed by atoms with Gasteiger partial charge in [0.05, 0.1) is 5.75 Å². The normalized spacial score (nSPS) is 21.4. The van der Waals surface area contributed by atoms with Crippen LogP contribution in [-0.2, 0) is 9.84 Å². The molecule has 0 saturated carbocycles. The van der Waals surface area contributed by atoms with Gasteiger partial charge in [0, 0.05) is 13.1 Å². The molecule has 1 aliphatic heterocycles. The van der Waals surface area contributed by atoms with Crippen LogP contribution in [0.5, 0.6) is 0 Å². The first-order chi connectivity index (χ1) is 8.95. The highest BCUT2D eigenvalue weighted by molar-refractivity contribution is 7.91. The number of aromatic nitrogens is 1. The second-order valence-corrected chi connectivity index (χ2v) is 8.10. The fourth-order valence-electron chi connectivity index (χ4n) is 2.39. The lowest BCUT2D eigenvalue weighted by atomic mass is 10.0. The maximum absolute atomic E-state index is 12.2. The van der Waals surface area contributed by atoms with Crippen LogP contribution in [0, 0.1) is 5.92 Å². The van der Waals surface area contributed by atoms with Gasteiger partial charge in [0.1, 0.15) is 9.90 Å². The van der Waals surface area contributed by atoms with E-state index in [1.54, 1.807) is 6.92 Å². The van der Waals surface area contributed by atoms with Crippen LogP contribution < -0.4 is 10.6 Å². The predicted molar refractivity (Wildman–Crippen MR) is 79.5 cm³/mol. The molecule has 1 saturated heterocycles. The average molecular weight is 303 g/mol. The molecular formula is C12H21N3O2S2. The van der Waals surface area contributed by atoms with Gasteiger partial charge in [0.25, 0.3) is 0 Å². The van der Waals surface area contributed by atoms with Crippen molar-refractivity contribution in [2.75, 3.05) is 29.5 Å². The summed E-state index contributed by atoms with van der Waals surface area (Å²) in [7, 11) is -3.31. The van der Waals surface area contributed by atoms with E-state index in [0.29, 0.717) is 5.92 Å². The molecule has 1 unspecified atom stereocenters. The Bertz CT molecular complexity index is 539. The number of nitrogens with two attached hydrogens (primary N) is 1. The third-order valence-corrected chi connectivity index (χ3v) is 6.49. The molecule has 108 valence electrons. The van der Waals surface area contributed by atoms with Gasteiger partial charge in [-0.25, -0.2) is 8.42 Å². The van der Waals surface area contributed by atoms with Crippen molar-refractivity contribution < 1.29 is 8.42 Å². The Labute approximate surface area is 118 Å². The molecule has 0 amide bonds. The minimum absolute atomic E-state index is 0.0624. The molecule has 1 aliphatic rings. The summed E-state index contributed by atoms with van der Waals surface area (Å²) in [5.74, 6) is 0.910. The number of sulfone groups is 1. The molecule has 1 atom stereocenters. The summed E-state index contributed by atoms with van der Waals surface area (Å²) in [6.07, 6.45) is 3.37. The Morgan fingerprint density at radius 2 is 2.16 bits per heavy atom. The topological polar surface area (TPSA) is 76.3 Å². The van der Waals surface area contributed by atoms with Crippen LogP contribution in [0.1, 0.15) is 33.1 Å². The summed E-state index contributed by atoms with van der Waals surface area (Å²) in [6, 6.07) is 0. The number of nitrogens with zero attached hydrogens (tertiary/aromatic N) is 2. The van der Waals surface area contributed by atoms with E-state index >= 15 is 0 Å². The predicted octanol–water partition coefficient (Wildman–Crippen LogP) is 2.15. The van der Waals surface area contributed by atoms with Crippen LogP contribution in [0.4, 0.5) is 10.8 Å². The highest BCUT2D eigenvalue weighted by Crippen LogP contribution is 2.36. The average Bonchev–Trinajstić information content (AvgIpc) is 2.63. The lowest BCUT2D eigenvalue weighted by molar-refractivity contribution is 0.521. The molecule has 2 N–H and O–H groups in total. The Kier molecular flexibility index (Phi) is 4.35. The number of anilines is 2. The van der Waals surface area contributed by atoms with Crippen molar-refractivity contribution in [3.05, 3.63) is 0 Å². The van der Waals surface area contributed by atoms with Gasteiger partial charge < -0.3 is 10.6 Å². The van der Waals surface area contributed by atoms with Crippen molar-refractivity contribution in [2.24, 2.45) is 5.92 Å². The van der Waals surface area contributed by atoms with Crippen molar-refractivity contribution in [2.45, 2.75) is 38.0 Å². The zero-order chi connectivity index (χ0) is 14.0. The zero-order valence-electron chi connectivity index (χ0n) is 11.4. The van der Waals surface area contributed by atoms with E-state index in [4.69, 9.17) is 5.73 Å². The van der Waals surface area contributed by atoms with Gasteiger partial charge in [-0.2, -0.15) is 4.37 Å². The molecule has 1 aromatic heterocycles. The summed E-state index contributed by atoms with van der Waals surface area (Å²) >= 11 is 1.21. The van der Waals surface area contributed by atoms with Crippen molar-refractivity contribution in [1.82, 2.24) is 4.37 Å². The number of rotatable bonds is 3. The zero-order valence-corrected chi connectivity index (χ0v) is 13.1. The van der Waals surface area contributed by atoms with Crippen LogP contribution in [0.2, 0.25) is 0 Å². The van der Waals surface area contributed by atoms with Gasteiger partial charge >= 0.3 is 0 Å². The van der Waals surface area contributed by atoms with Crippen LogP contribution in [-0.4, -0.2) is 31.6 Å². The lowest BCUT2D eigenvalue weighted by Crippen LogP contribution is -2.25. The van der Waals surface area contributed by atoms with Gasteiger partial charge in [0.2, 0.25) is 0 Å². The highest BCUT2D eigenvalue weighted by atomic mass is 32.2. The van der Waals surface area contributed by atoms with Gasteiger partial charge in [-0.3, -0.25) is 0 Å². The standard InChI is InChI=1S/C12H21N3O2S2/c1-3-19(16,17)10-11(13)14-18-12(10)15-7-4-5-9(2)6-8-15/h9H,3-8H2,1-2H3,(H2,13,14). The first-order valence-electron chi connectivity index (χ1n) is 6.68. The van der Waals surface area contributed by atoms with E-state index in [1.807, 2.05) is 0 Å². The van der Waals surface area contributed by atoms with Crippen molar-refractivity contribution in [3.8, 4) is 0 Å². The van der Waals surface area contributed by atoms with Crippen molar-refractivity contribution in [3.63, 3.8) is 0 Å². The summed E-state index contributed by atoms with van der Waals surface area (Å²) in [4.78, 5) is 2.38. The first-order valence-corrected chi connectivity index (χ1v) is 9.11. The Hall–Kier alpha value is -0.820. The SMILES string of the molecule is CCS(=O)(=O)c1c(N)nsc1N1CCCC(C)CC1. The third kappa shape index (κ3) is 3.02. The molecule has 5 nitrogen and oxygen atoms in total. The highest BCUT2D eigenvalue weighted by Gasteiger charge is 2.28. The van der Waals surface area contributed by atoms with Crippen LogP contribution in [0.25, 0.3) is 0 Å². The third-order valence-electron chi connectivity index (χ3n) is 3.65. The largest absolute Gasteiger partial charge is 0.382 e. The van der Waals surface area contributed by atoms with Crippen LogP contribution >= 0.6 is 11.5 Å². The first kappa shape index (κ1) is 14.6. The molecule has 2 heterocycles. The second-order valence-electron chi connectivity index (χ2n) is 5.13. The van der Waals surface area contributed by atoms with E-state index in [1.165, 1.54) is 18.0 Å². The van der Waals surface area contributed by atoms with Gasteiger partial charge in [-0.15, -0.1) is 0 Å². The van der Waals surface area contributed by atoms with Gasteiger partial charge in [0.15, 0.2) is 15.7 Å². The summed E-state index contributed by atoms with van der Waals surface area (Å²) in [5, 5.41) is 0.730. The second kappa shape index (κ2) is 5.66. The fraction of sp³-hybridized carbons (Fsp3) is 0.750. The minimum atomic E-state index is -3.31. The molecule has 1 aromatic rings. The molecule has 0 aromatic carbocycles. The quantitative estimate of drug-likeness (QED) is 0.926. The summed E-state index contributed by atoms with van der Waals surface area (Å²) < 4.78 is 28.4. The van der Waals surface area contributed by atoms with Crippen LogP contribution in [0.15, 0.2) is 4.90 Å². The molecule has 7 heteroatoms. The summed E-state index contributed by atoms with van der Waals surface area (Å²) in [5.41, 5.74) is 5.77. The number of hydrogen-bond donors (Lipinski definition) is 1. The Balaban J connectivity index is 2.35. The van der Waals surface area contributed by atoms with E-state index in [-0.39, 0.29) is 16.5 Å². The number of nitrogen functional groups attached to an aromatic ring is 1. The van der Waals surface area contributed by atoms with Crippen LogP contribution in [0.3, 0.4) is 0 Å². The van der Waals surface area contributed by atoms with E-state index < -0.39 is 9.84 Å². The molecule has 0 bridgehead atoms. The summed E-state index contributed by atoms with van der Waals surface area (Å²) in [6.45, 7) is 5.65. The molecule has 0 spiro atoms. The maximum atomic E-state index is 12.2. The smallest absolute Gasteiger partial charge is 0.184 e. The molecular weight excluding hydrogens is 282 g/mol. The number of hydrogen-bond acceptors (Lipinski definition) is 6. The fourth-order valence-corrected chi connectivity index (χ4v) is 4.75. The Morgan fingerprint density at radius 1 is 1.42 bits per heavy atom. The van der Waals surface area contributed by atoms with Crippen molar-refractivity contribution in [1.29, 1.82) is 0 Å². The van der Waals surface area contributed by atoms with Gasteiger partial charge in [-0.05, 0) is 36.7 Å². The molecule has 0 aliphatic carbocycles. The molecule has 0 radical (unpaired) electrons. The van der Waals surface area contributed by atoms with E-state index in [9.17, 15) is 8.42 Å². The van der Waals surface area contributed by atoms with Gasteiger partial charge in [-0.1, -0.05) is 13.8 Å². The maximum Gasteiger partial charge on any atom is 0.184 e. The lowest BCUT2D eigenvalue weighted by Gasteiger charge is -2.21. The van der Waals surface area contributed by atoms with E-state index in [2.05, 4.69) is 16.2 Å². The minimum Gasteiger partial charge on any atom is -0.382 e. The Morgan fingerprint density at radius 3 is 2.84 bits per heavy atom. The monoisotopic (exact) mass is 303 g/mol. The molecule has 19 heavy (non-hydrogen) atoms.